The zero-order valence-electron chi connectivity index (χ0n) is 23.6. The summed E-state index contributed by atoms with van der Waals surface area (Å²) in [5.41, 5.74) is 26.5. The summed E-state index contributed by atoms with van der Waals surface area (Å²) in [4.78, 5) is 0. The van der Waals surface area contributed by atoms with E-state index in [0.29, 0.717) is 0 Å². The number of benzene rings is 6. The average molecular weight is 534 g/mol. The molecule has 3 nitrogen and oxygen atoms in total. The number of nitrogens with two attached hydrogens (primary N) is 2. The fourth-order valence-electron chi connectivity index (χ4n) is 5.97. The first kappa shape index (κ1) is 26.2. The Labute approximate surface area is 242 Å². The second-order valence-electron chi connectivity index (χ2n) is 10.6. The standard InChI is InChI=1S/C19H18N2.C19H17N/c1-21-18-13-16(14-8-4-2-5-9-14)12-17(19(18)20)15-10-6-3-7-11-15;1-12-4-2-3-5-15(12)16-10-8-13-6-7-14-9-11-17(20)19(16)18(13)14/h2-13,21H,20H2,1H3;2-5,8-11H,6-7,20H2,1H3. The Morgan fingerprint density at radius 2 is 1.15 bits per heavy atom. The second kappa shape index (κ2) is 11.2. The molecule has 7 rings (SSSR count). The topological polar surface area (TPSA) is 64.1 Å². The number of nitrogen functional groups attached to an aromatic ring is 2. The number of anilines is 3. The Hall–Kier alpha value is -5.02. The number of hydrogen-bond donors (Lipinski definition) is 3. The molecule has 6 aromatic carbocycles. The van der Waals surface area contributed by atoms with Gasteiger partial charge in [-0.2, -0.15) is 0 Å². The summed E-state index contributed by atoms with van der Waals surface area (Å²) in [6, 6.07) is 42.1. The van der Waals surface area contributed by atoms with Crippen LogP contribution in [0.25, 0.3) is 44.2 Å². The van der Waals surface area contributed by atoms with Gasteiger partial charge in [-0.1, -0.05) is 103 Å². The Kier molecular flexibility index (Phi) is 7.18. The third-order valence-corrected chi connectivity index (χ3v) is 8.11. The van der Waals surface area contributed by atoms with Gasteiger partial charge < -0.3 is 16.8 Å². The summed E-state index contributed by atoms with van der Waals surface area (Å²) >= 11 is 0. The van der Waals surface area contributed by atoms with Crippen molar-refractivity contribution >= 4 is 27.8 Å². The summed E-state index contributed by atoms with van der Waals surface area (Å²) < 4.78 is 0. The highest BCUT2D eigenvalue weighted by Crippen LogP contribution is 2.41. The van der Waals surface area contributed by atoms with Crippen molar-refractivity contribution in [2.45, 2.75) is 19.8 Å². The van der Waals surface area contributed by atoms with Crippen molar-refractivity contribution in [3.05, 3.63) is 138 Å². The van der Waals surface area contributed by atoms with Gasteiger partial charge in [-0.05, 0) is 87.9 Å². The lowest BCUT2D eigenvalue weighted by atomic mass is 9.92. The van der Waals surface area contributed by atoms with Crippen molar-refractivity contribution in [3.8, 4) is 33.4 Å². The highest BCUT2D eigenvalue weighted by molar-refractivity contribution is 6.08. The van der Waals surface area contributed by atoms with Crippen LogP contribution >= 0.6 is 0 Å². The first-order valence-electron chi connectivity index (χ1n) is 14.2. The van der Waals surface area contributed by atoms with Gasteiger partial charge >= 0.3 is 0 Å². The van der Waals surface area contributed by atoms with Gasteiger partial charge in [-0.3, -0.25) is 0 Å². The van der Waals surface area contributed by atoms with Crippen LogP contribution in [-0.4, -0.2) is 7.05 Å². The first-order valence-corrected chi connectivity index (χ1v) is 14.2. The van der Waals surface area contributed by atoms with Crippen LogP contribution in [0.15, 0.2) is 121 Å². The molecule has 1 aliphatic carbocycles. The van der Waals surface area contributed by atoms with Gasteiger partial charge in [0.15, 0.2) is 0 Å². The Morgan fingerprint density at radius 1 is 0.537 bits per heavy atom. The van der Waals surface area contributed by atoms with Crippen molar-refractivity contribution in [2.24, 2.45) is 0 Å². The van der Waals surface area contributed by atoms with E-state index in [1.54, 1.807) is 0 Å². The number of aryl methyl sites for hydroxylation is 3. The van der Waals surface area contributed by atoms with Crippen LogP contribution in [0.4, 0.5) is 17.1 Å². The summed E-state index contributed by atoms with van der Waals surface area (Å²) in [5.74, 6) is 0. The highest BCUT2D eigenvalue weighted by atomic mass is 14.8. The van der Waals surface area contributed by atoms with Crippen molar-refractivity contribution in [1.29, 1.82) is 0 Å². The van der Waals surface area contributed by atoms with Gasteiger partial charge in [0, 0.05) is 23.7 Å². The molecular formula is C38H35N3. The SMILES string of the molecule is CNc1cc(-c2ccccc2)cc(-c2ccccc2)c1N.Cc1ccccc1-c1ccc2c3c(ccc(N)c13)CC2. The van der Waals surface area contributed by atoms with Crippen molar-refractivity contribution in [3.63, 3.8) is 0 Å². The quantitative estimate of drug-likeness (QED) is 0.198. The van der Waals surface area contributed by atoms with Crippen LogP contribution in [0, 0.1) is 6.92 Å². The van der Waals surface area contributed by atoms with E-state index >= 15 is 0 Å². The molecule has 0 saturated carbocycles. The molecule has 0 fully saturated rings. The number of nitrogens with one attached hydrogen (secondary N) is 1. The fourth-order valence-corrected chi connectivity index (χ4v) is 5.97. The monoisotopic (exact) mass is 533 g/mol. The van der Waals surface area contributed by atoms with Crippen LogP contribution in [0.5, 0.6) is 0 Å². The molecule has 0 amide bonds. The molecule has 0 atom stereocenters. The molecule has 41 heavy (non-hydrogen) atoms. The van der Waals surface area contributed by atoms with E-state index < -0.39 is 0 Å². The molecule has 6 aromatic rings. The van der Waals surface area contributed by atoms with Gasteiger partial charge in [0.1, 0.15) is 0 Å². The minimum absolute atomic E-state index is 0.781. The molecule has 0 heterocycles. The molecule has 0 spiro atoms. The summed E-state index contributed by atoms with van der Waals surface area (Å²) in [7, 11) is 1.90. The minimum atomic E-state index is 0.781. The van der Waals surface area contributed by atoms with Crippen LogP contribution in [0.3, 0.4) is 0 Å². The molecule has 0 aromatic heterocycles. The molecule has 0 radical (unpaired) electrons. The van der Waals surface area contributed by atoms with E-state index in [2.05, 4.69) is 97.2 Å². The average Bonchev–Trinajstić information content (AvgIpc) is 3.44. The van der Waals surface area contributed by atoms with Crippen LogP contribution < -0.4 is 16.8 Å². The van der Waals surface area contributed by atoms with Crippen LogP contribution in [0.2, 0.25) is 0 Å². The lowest BCUT2D eigenvalue weighted by molar-refractivity contribution is 1.02. The molecule has 0 saturated heterocycles. The highest BCUT2D eigenvalue weighted by Gasteiger charge is 2.19. The first-order chi connectivity index (χ1) is 20.0. The molecule has 0 unspecified atom stereocenters. The van der Waals surface area contributed by atoms with Crippen LogP contribution in [-0.2, 0) is 12.8 Å². The van der Waals surface area contributed by atoms with Crippen molar-refractivity contribution < 1.29 is 0 Å². The van der Waals surface area contributed by atoms with Gasteiger partial charge in [0.2, 0.25) is 0 Å². The maximum absolute atomic E-state index is 6.31. The molecule has 0 aliphatic heterocycles. The van der Waals surface area contributed by atoms with E-state index in [-0.39, 0.29) is 0 Å². The summed E-state index contributed by atoms with van der Waals surface area (Å²) in [6.45, 7) is 2.16. The largest absolute Gasteiger partial charge is 0.398 e. The maximum Gasteiger partial charge on any atom is 0.0629 e. The number of rotatable bonds is 4. The molecular weight excluding hydrogens is 498 g/mol. The van der Waals surface area contributed by atoms with Gasteiger partial charge in [-0.25, -0.2) is 0 Å². The zero-order chi connectivity index (χ0) is 28.3. The predicted octanol–water partition coefficient (Wildman–Crippen LogP) is 9.14. The number of hydrogen-bond acceptors (Lipinski definition) is 3. The fraction of sp³-hybridized carbons (Fsp3) is 0.105. The molecule has 1 aliphatic rings. The third-order valence-electron chi connectivity index (χ3n) is 8.11. The van der Waals surface area contributed by atoms with Crippen molar-refractivity contribution in [2.75, 3.05) is 23.8 Å². The Balaban J connectivity index is 0.000000148. The van der Waals surface area contributed by atoms with E-state index in [9.17, 15) is 0 Å². The van der Waals surface area contributed by atoms with Gasteiger partial charge in [-0.15, -0.1) is 0 Å². The van der Waals surface area contributed by atoms with Crippen LogP contribution in [0.1, 0.15) is 16.7 Å². The predicted molar refractivity (Wildman–Crippen MR) is 177 cm³/mol. The van der Waals surface area contributed by atoms with Gasteiger partial charge in [0.05, 0.1) is 11.4 Å². The molecule has 0 bridgehead atoms. The van der Waals surface area contributed by atoms with Gasteiger partial charge in [0.25, 0.3) is 0 Å². The molecule has 202 valence electrons. The third kappa shape index (κ3) is 5.03. The smallest absolute Gasteiger partial charge is 0.0629 e. The maximum atomic E-state index is 6.31. The molecule has 3 heteroatoms. The van der Waals surface area contributed by atoms with Crippen molar-refractivity contribution in [1.82, 2.24) is 0 Å². The van der Waals surface area contributed by atoms with E-state index in [1.807, 2.05) is 43.4 Å². The Morgan fingerprint density at radius 3 is 1.80 bits per heavy atom. The lowest BCUT2D eigenvalue weighted by Gasteiger charge is -2.14. The lowest BCUT2D eigenvalue weighted by Crippen LogP contribution is -1.99. The van der Waals surface area contributed by atoms with E-state index in [1.165, 1.54) is 44.2 Å². The molecule has 5 N–H and O–H groups in total. The summed E-state index contributed by atoms with van der Waals surface area (Å²) in [5, 5.41) is 5.83. The zero-order valence-corrected chi connectivity index (χ0v) is 23.6. The Bertz CT molecular complexity index is 1830. The summed E-state index contributed by atoms with van der Waals surface area (Å²) in [6.07, 6.45) is 2.28. The second-order valence-corrected chi connectivity index (χ2v) is 10.6. The van der Waals surface area contributed by atoms with E-state index in [0.717, 1.165) is 46.6 Å². The minimum Gasteiger partial charge on any atom is -0.398 e. The van der Waals surface area contributed by atoms with E-state index in [4.69, 9.17) is 11.5 Å². The normalized spacial score (nSPS) is 11.7.